The van der Waals surface area contributed by atoms with E-state index in [2.05, 4.69) is 0 Å². The number of rotatable bonds is 7. The second kappa shape index (κ2) is 9.64. The van der Waals surface area contributed by atoms with Crippen LogP contribution in [0, 0.1) is 0 Å². The molecule has 12 nitrogen and oxygen atoms in total. The molecule has 0 aromatic carbocycles. The van der Waals surface area contributed by atoms with Crippen LogP contribution in [0.3, 0.4) is 0 Å². The maximum absolute atomic E-state index is 10.3. The van der Waals surface area contributed by atoms with Crippen molar-refractivity contribution in [2.45, 2.75) is 61.4 Å². The van der Waals surface area contributed by atoms with Crippen LogP contribution in [0.15, 0.2) is 0 Å². The number of aliphatic hydroxyl groups excluding tert-OH is 7. The normalized spacial score (nSPS) is 47.1. The van der Waals surface area contributed by atoms with Crippen molar-refractivity contribution >= 4 is 0 Å². The summed E-state index contributed by atoms with van der Waals surface area (Å²) in [6.45, 7) is -1.10. The van der Waals surface area contributed by atoms with Gasteiger partial charge in [0.2, 0.25) is 0 Å². The fourth-order valence-electron chi connectivity index (χ4n) is 2.87. The molecule has 2 heterocycles. The zero-order valence-corrected chi connectivity index (χ0v) is 13.9. The molecule has 0 spiro atoms. The minimum Gasteiger partial charge on any atom is -0.394 e. The Bertz CT molecular complexity index is 428. The van der Waals surface area contributed by atoms with Crippen molar-refractivity contribution in [3.05, 3.63) is 0 Å². The van der Waals surface area contributed by atoms with Gasteiger partial charge in [-0.25, -0.2) is 0 Å². The first-order valence-electron chi connectivity index (χ1n) is 8.25. The van der Waals surface area contributed by atoms with Gasteiger partial charge in [0.1, 0.15) is 48.8 Å². The zero-order valence-electron chi connectivity index (χ0n) is 13.9. The van der Waals surface area contributed by atoms with Crippen LogP contribution in [0.5, 0.6) is 0 Å². The summed E-state index contributed by atoms with van der Waals surface area (Å²) < 4.78 is 21.1. The molecule has 2 saturated heterocycles. The van der Waals surface area contributed by atoms with Crippen LogP contribution in [-0.2, 0) is 18.9 Å². The van der Waals surface area contributed by atoms with Gasteiger partial charge in [-0.05, 0) is 0 Å². The van der Waals surface area contributed by atoms with E-state index in [0.29, 0.717) is 0 Å². The molecule has 0 radical (unpaired) electrons. The number of ether oxygens (including phenoxy) is 4. The Balaban J connectivity index is 2.13. The van der Waals surface area contributed by atoms with Crippen LogP contribution in [0.2, 0.25) is 0 Å². The average molecular weight is 385 g/mol. The Morgan fingerprint density at radius 1 is 0.731 bits per heavy atom. The molecule has 0 amide bonds. The van der Waals surface area contributed by atoms with Crippen LogP contribution in [-0.4, -0.2) is 124 Å². The second-order valence-electron chi connectivity index (χ2n) is 6.16. The minimum absolute atomic E-state index is 0.0305. The first kappa shape index (κ1) is 21.8. The summed E-state index contributed by atoms with van der Waals surface area (Å²) in [5.74, 6) is 0. The van der Waals surface area contributed by atoms with Gasteiger partial charge in [0.25, 0.3) is 0 Å². The monoisotopic (exact) mass is 385 g/mol. The molecule has 154 valence electrons. The molecule has 2 aliphatic rings. The van der Waals surface area contributed by atoms with E-state index in [4.69, 9.17) is 24.7 Å². The highest BCUT2D eigenvalue weighted by Crippen LogP contribution is 2.29. The van der Waals surface area contributed by atoms with Gasteiger partial charge in [-0.15, -0.1) is 0 Å². The summed E-state index contributed by atoms with van der Waals surface area (Å²) >= 11 is 0. The zero-order chi connectivity index (χ0) is 19.4. The summed E-state index contributed by atoms with van der Waals surface area (Å²) in [4.78, 5) is 0. The molecule has 0 saturated carbocycles. The van der Waals surface area contributed by atoms with Gasteiger partial charge in [-0.1, -0.05) is 0 Å². The SMILES string of the molecule is NCCOC1OC(CO)C(O)C(OC2OC(CO)C(O)C(O)C2O)C1O. The number of hydrogen-bond donors (Lipinski definition) is 8. The maximum atomic E-state index is 10.3. The molecule has 2 fully saturated rings. The smallest absolute Gasteiger partial charge is 0.187 e. The quantitative estimate of drug-likeness (QED) is 0.207. The minimum atomic E-state index is -1.72. The molecule has 10 unspecified atom stereocenters. The fourth-order valence-corrected chi connectivity index (χ4v) is 2.87. The van der Waals surface area contributed by atoms with Crippen molar-refractivity contribution in [3.8, 4) is 0 Å². The number of hydrogen-bond acceptors (Lipinski definition) is 12. The molecule has 2 rings (SSSR count). The molecule has 0 aromatic heterocycles. The third-order valence-corrected chi connectivity index (χ3v) is 4.36. The molecule has 2 aliphatic heterocycles. The molecule has 10 atom stereocenters. The average Bonchev–Trinajstić information content (AvgIpc) is 2.64. The van der Waals surface area contributed by atoms with Crippen molar-refractivity contribution in [1.82, 2.24) is 0 Å². The van der Waals surface area contributed by atoms with Crippen LogP contribution in [0.4, 0.5) is 0 Å². The molecule has 0 aliphatic carbocycles. The highest BCUT2D eigenvalue weighted by Gasteiger charge is 2.50. The topological polar surface area (TPSA) is 205 Å². The van der Waals surface area contributed by atoms with E-state index in [9.17, 15) is 35.7 Å². The van der Waals surface area contributed by atoms with E-state index in [1.807, 2.05) is 0 Å². The molecule has 12 heteroatoms. The maximum Gasteiger partial charge on any atom is 0.187 e. The lowest BCUT2D eigenvalue weighted by atomic mass is 9.97. The van der Waals surface area contributed by atoms with E-state index in [0.717, 1.165) is 0 Å². The summed E-state index contributed by atoms with van der Waals surface area (Å²) in [5.41, 5.74) is 5.33. The van der Waals surface area contributed by atoms with E-state index in [1.54, 1.807) is 0 Å². The van der Waals surface area contributed by atoms with Gasteiger partial charge in [-0.3, -0.25) is 0 Å². The van der Waals surface area contributed by atoms with E-state index in [-0.39, 0.29) is 13.2 Å². The van der Waals surface area contributed by atoms with E-state index < -0.39 is 74.6 Å². The summed E-state index contributed by atoms with van der Waals surface area (Å²) in [6.07, 6.45) is -14.7. The number of aliphatic hydroxyl groups is 7. The van der Waals surface area contributed by atoms with E-state index in [1.165, 1.54) is 0 Å². The van der Waals surface area contributed by atoms with Gasteiger partial charge >= 0.3 is 0 Å². The molecule has 26 heavy (non-hydrogen) atoms. The van der Waals surface area contributed by atoms with Gasteiger partial charge < -0.3 is 60.4 Å². The van der Waals surface area contributed by atoms with Crippen LogP contribution < -0.4 is 5.73 Å². The third kappa shape index (κ3) is 4.49. The highest BCUT2D eigenvalue weighted by molar-refractivity contribution is 4.94. The predicted molar refractivity (Wildman–Crippen MR) is 81.4 cm³/mol. The standard InChI is InChI=1S/C14H27NO11/c15-1-2-23-13-11(22)12(8(19)6(4-17)24-13)26-14-10(21)9(20)7(18)5(3-16)25-14/h5-14,16-22H,1-4,15H2. The second-order valence-corrected chi connectivity index (χ2v) is 6.16. The van der Waals surface area contributed by atoms with E-state index >= 15 is 0 Å². The first-order valence-corrected chi connectivity index (χ1v) is 8.25. The summed E-state index contributed by atoms with van der Waals surface area (Å²) in [5, 5.41) is 68.7. The molecule has 0 bridgehead atoms. The Hall–Kier alpha value is -0.480. The van der Waals surface area contributed by atoms with Gasteiger partial charge in [-0.2, -0.15) is 0 Å². The Kier molecular flexibility index (Phi) is 8.08. The van der Waals surface area contributed by atoms with Crippen molar-refractivity contribution < 1.29 is 54.7 Å². The van der Waals surface area contributed by atoms with Gasteiger partial charge in [0.15, 0.2) is 12.6 Å². The number of nitrogens with two attached hydrogens (primary N) is 1. The Morgan fingerprint density at radius 3 is 1.88 bits per heavy atom. The van der Waals surface area contributed by atoms with Crippen molar-refractivity contribution in [1.29, 1.82) is 0 Å². The van der Waals surface area contributed by atoms with Crippen molar-refractivity contribution in [2.75, 3.05) is 26.4 Å². The lowest BCUT2D eigenvalue weighted by molar-refractivity contribution is -0.359. The Morgan fingerprint density at radius 2 is 1.31 bits per heavy atom. The largest absolute Gasteiger partial charge is 0.394 e. The molecule has 9 N–H and O–H groups in total. The van der Waals surface area contributed by atoms with Gasteiger partial charge in [0, 0.05) is 6.54 Å². The van der Waals surface area contributed by atoms with Crippen molar-refractivity contribution in [2.24, 2.45) is 5.73 Å². The van der Waals surface area contributed by atoms with Crippen LogP contribution >= 0.6 is 0 Å². The fraction of sp³-hybridized carbons (Fsp3) is 1.00. The van der Waals surface area contributed by atoms with Crippen LogP contribution in [0.1, 0.15) is 0 Å². The van der Waals surface area contributed by atoms with Crippen molar-refractivity contribution in [3.63, 3.8) is 0 Å². The van der Waals surface area contributed by atoms with Gasteiger partial charge in [0.05, 0.1) is 19.8 Å². The summed E-state index contributed by atoms with van der Waals surface area (Å²) in [7, 11) is 0. The third-order valence-electron chi connectivity index (χ3n) is 4.36. The lowest BCUT2D eigenvalue weighted by Gasteiger charge is -2.45. The van der Waals surface area contributed by atoms with Crippen LogP contribution in [0.25, 0.3) is 0 Å². The summed E-state index contributed by atoms with van der Waals surface area (Å²) in [6, 6.07) is 0. The first-order chi connectivity index (χ1) is 12.3. The predicted octanol–water partition coefficient (Wildman–Crippen LogP) is -5.41. The molecular weight excluding hydrogens is 358 g/mol. The lowest BCUT2D eigenvalue weighted by Crippen LogP contribution is -2.64. The molecular formula is C14H27NO11. The molecule has 0 aromatic rings. The highest BCUT2D eigenvalue weighted by atomic mass is 16.7. The Labute approximate surface area is 149 Å².